The highest BCUT2D eigenvalue weighted by molar-refractivity contribution is 7.89. The summed E-state index contributed by atoms with van der Waals surface area (Å²) in [6.45, 7) is 5.49. The van der Waals surface area contributed by atoms with E-state index in [2.05, 4.69) is 20.2 Å². The summed E-state index contributed by atoms with van der Waals surface area (Å²) in [4.78, 5) is 12.3. The van der Waals surface area contributed by atoms with E-state index in [1.54, 1.807) is 26.8 Å². The second-order valence-corrected chi connectivity index (χ2v) is 7.51. The molecule has 22 heavy (non-hydrogen) atoms. The van der Waals surface area contributed by atoms with Crippen molar-refractivity contribution in [1.29, 1.82) is 0 Å². The van der Waals surface area contributed by atoms with Gasteiger partial charge in [-0.05, 0) is 31.5 Å². The van der Waals surface area contributed by atoms with E-state index >= 15 is 0 Å². The Balaban J connectivity index is 2.32. The molecule has 0 radical (unpaired) electrons. The molecule has 9 heteroatoms. The number of carbonyl (C=O) groups excluding carboxylic acids is 1. The van der Waals surface area contributed by atoms with Crippen LogP contribution in [0.1, 0.15) is 27.9 Å². The van der Waals surface area contributed by atoms with Crippen molar-refractivity contribution in [2.75, 3.05) is 11.9 Å². The van der Waals surface area contributed by atoms with E-state index in [9.17, 15) is 13.2 Å². The van der Waals surface area contributed by atoms with Crippen molar-refractivity contribution >= 4 is 32.4 Å². The lowest BCUT2D eigenvalue weighted by Gasteiger charge is -2.09. The highest BCUT2D eigenvalue weighted by Gasteiger charge is 2.18. The van der Waals surface area contributed by atoms with Crippen molar-refractivity contribution in [3.8, 4) is 0 Å². The number of hydrogen-bond acceptors (Lipinski definition) is 6. The minimum absolute atomic E-state index is 0.0542. The first-order chi connectivity index (χ1) is 10.3. The molecule has 0 aliphatic carbocycles. The van der Waals surface area contributed by atoms with Crippen molar-refractivity contribution in [3.63, 3.8) is 0 Å². The molecule has 2 aromatic rings. The van der Waals surface area contributed by atoms with Crippen LogP contribution in [0.4, 0.5) is 5.13 Å². The SMILES string of the molecule is CCNS(=O)(=O)c1ccc(C)c(C(=O)Nc2nnc(C)s2)c1. The fourth-order valence-corrected chi connectivity index (χ4v) is 3.45. The van der Waals surface area contributed by atoms with E-state index < -0.39 is 15.9 Å². The standard InChI is InChI=1S/C13H16N4O3S2/c1-4-14-22(19,20)10-6-5-8(2)11(7-10)12(18)15-13-17-16-9(3)21-13/h5-7,14H,4H2,1-3H3,(H,15,17,18). The van der Waals surface area contributed by atoms with Gasteiger partial charge in [0.15, 0.2) is 0 Å². The predicted octanol–water partition coefficient (Wildman–Crippen LogP) is 1.71. The molecule has 0 spiro atoms. The number of hydrogen-bond donors (Lipinski definition) is 2. The van der Waals surface area contributed by atoms with Crippen LogP contribution in [0, 0.1) is 13.8 Å². The minimum Gasteiger partial charge on any atom is -0.296 e. The van der Waals surface area contributed by atoms with E-state index in [1.807, 2.05) is 0 Å². The van der Waals surface area contributed by atoms with E-state index in [0.29, 0.717) is 10.7 Å². The van der Waals surface area contributed by atoms with Crippen LogP contribution in [0.2, 0.25) is 0 Å². The van der Waals surface area contributed by atoms with Gasteiger partial charge in [0, 0.05) is 12.1 Å². The number of sulfonamides is 1. The summed E-state index contributed by atoms with van der Waals surface area (Å²) >= 11 is 1.25. The lowest BCUT2D eigenvalue weighted by atomic mass is 10.1. The number of anilines is 1. The molecule has 0 bridgehead atoms. The molecule has 2 N–H and O–H groups in total. The third-order valence-corrected chi connectivity index (χ3v) is 5.14. The fourth-order valence-electron chi connectivity index (χ4n) is 1.80. The molecule has 1 aromatic heterocycles. The zero-order valence-electron chi connectivity index (χ0n) is 12.4. The third kappa shape index (κ3) is 3.67. The highest BCUT2D eigenvalue weighted by Crippen LogP contribution is 2.19. The highest BCUT2D eigenvalue weighted by atomic mass is 32.2. The van der Waals surface area contributed by atoms with Crippen LogP contribution in [0.5, 0.6) is 0 Å². The molecule has 0 aliphatic rings. The molecule has 1 amide bonds. The van der Waals surface area contributed by atoms with Gasteiger partial charge in [0.1, 0.15) is 5.01 Å². The predicted molar refractivity (Wildman–Crippen MR) is 84.6 cm³/mol. The minimum atomic E-state index is -3.61. The molecule has 7 nitrogen and oxygen atoms in total. The first kappa shape index (κ1) is 16.5. The third-order valence-electron chi connectivity index (χ3n) is 2.84. The Morgan fingerprint density at radius 3 is 2.59 bits per heavy atom. The first-order valence-corrected chi connectivity index (χ1v) is 8.85. The Morgan fingerprint density at radius 2 is 2.00 bits per heavy atom. The maximum Gasteiger partial charge on any atom is 0.257 e. The number of rotatable bonds is 5. The molecule has 0 saturated carbocycles. The Kier molecular flexibility index (Phi) is 4.89. The number of carbonyl (C=O) groups is 1. The largest absolute Gasteiger partial charge is 0.296 e. The summed E-state index contributed by atoms with van der Waals surface area (Å²) in [5.74, 6) is -0.415. The molecular formula is C13H16N4O3S2. The van der Waals surface area contributed by atoms with Gasteiger partial charge in [-0.25, -0.2) is 13.1 Å². The van der Waals surface area contributed by atoms with Crippen molar-refractivity contribution in [1.82, 2.24) is 14.9 Å². The average molecular weight is 340 g/mol. The van der Waals surface area contributed by atoms with Crippen LogP contribution < -0.4 is 10.0 Å². The van der Waals surface area contributed by atoms with Crippen LogP contribution >= 0.6 is 11.3 Å². The van der Waals surface area contributed by atoms with Crippen molar-refractivity contribution < 1.29 is 13.2 Å². The monoisotopic (exact) mass is 340 g/mol. The number of benzene rings is 1. The van der Waals surface area contributed by atoms with Crippen molar-refractivity contribution in [2.45, 2.75) is 25.7 Å². The van der Waals surface area contributed by atoms with Gasteiger partial charge in [-0.15, -0.1) is 10.2 Å². The van der Waals surface area contributed by atoms with Crippen LogP contribution in [0.15, 0.2) is 23.1 Å². The Hall–Kier alpha value is -1.84. The molecule has 2 rings (SSSR count). The Morgan fingerprint density at radius 1 is 1.27 bits per heavy atom. The second kappa shape index (κ2) is 6.51. The topological polar surface area (TPSA) is 101 Å². The molecule has 0 fully saturated rings. The Bertz CT molecular complexity index is 799. The van der Waals surface area contributed by atoms with Crippen LogP contribution in [-0.2, 0) is 10.0 Å². The van der Waals surface area contributed by atoms with E-state index in [4.69, 9.17) is 0 Å². The van der Waals surface area contributed by atoms with Gasteiger partial charge < -0.3 is 0 Å². The van der Waals surface area contributed by atoms with Gasteiger partial charge in [-0.1, -0.05) is 24.3 Å². The molecule has 118 valence electrons. The summed E-state index contributed by atoms with van der Waals surface area (Å²) in [6.07, 6.45) is 0. The smallest absolute Gasteiger partial charge is 0.257 e. The molecule has 1 aromatic carbocycles. The van der Waals surface area contributed by atoms with Crippen LogP contribution in [0.3, 0.4) is 0 Å². The number of aromatic nitrogens is 2. The normalized spacial score (nSPS) is 11.4. The number of aryl methyl sites for hydroxylation is 2. The number of amides is 1. The van der Waals surface area contributed by atoms with Gasteiger partial charge in [-0.2, -0.15) is 0 Å². The maximum absolute atomic E-state index is 12.3. The maximum atomic E-state index is 12.3. The Labute approximate surface area is 132 Å². The molecule has 0 unspecified atom stereocenters. The zero-order chi connectivity index (χ0) is 16.3. The van der Waals surface area contributed by atoms with Gasteiger partial charge in [0.05, 0.1) is 4.90 Å². The van der Waals surface area contributed by atoms with Crippen molar-refractivity contribution in [2.24, 2.45) is 0 Å². The summed E-state index contributed by atoms with van der Waals surface area (Å²) < 4.78 is 26.4. The molecular weight excluding hydrogens is 324 g/mol. The van der Waals surface area contributed by atoms with E-state index in [0.717, 1.165) is 5.01 Å². The quantitative estimate of drug-likeness (QED) is 0.863. The van der Waals surface area contributed by atoms with E-state index in [1.165, 1.54) is 23.5 Å². The first-order valence-electron chi connectivity index (χ1n) is 6.55. The summed E-state index contributed by atoms with van der Waals surface area (Å²) in [5, 5.41) is 11.4. The van der Waals surface area contributed by atoms with Gasteiger partial charge in [0.2, 0.25) is 15.2 Å². The molecule has 0 aliphatic heterocycles. The number of nitrogens with zero attached hydrogens (tertiary/aromatic N) is 2. The van der Waals surface area contributed by atoms with Crippen LogP contribution in [-0.4, -0.2) is 31.1 Å². The summed E-state index contributed by atoms with van der Waals surface area (Å²) in [6, 6.07) is 4.43. The lowest BCUT2D eigenvalue weighted by Crippen LogP contribution is -2.24. The second-order valence-electron chi connectivity index (χ2n) is 4.56. The van der Waals surface area contributed by atoms with Crippen LogP contribution in [0.25, 0.3) is 0 Å². The van der Waals surface area contributed by atoms with Gasteiger partial charge in [0.25, 0.3) is 5.91 Å². The lowest BCUT2D eigenvalue weighted by molar-refractivity contribution is 0.102. The average Bonchev–Trinajstić information content (AvgIpc) is 2.84. The zero-order valence-corrected chi connectivity index (χ0v) is 14.0. The van der Waals surface area contributed by atoms with E-state index in [-0.39, 0.29) is 17.0 Å². The fraction of sp³-hybridized carbons (Fsp3) is 0.308. The molecule has 0 atom stereocenters. The number of nitrogens with one attached hydrogen (secondary N) is 2. The van der Waals surface area contributed by atoms with Gasteiger partial charge >= 0.3 is 0 Å². The molecule has 1 heterocycles. The van der Waals surface area contributed by atoms with Crippen molar-refractivity contribution in [3.05, 3.63) is 34.3 Å². The molecule has 0 saturated heterocycles. The van der Waals surface area contributed by atoms with Gasteiger partial charge in [-0.3, -0.25) is 10.1 Å². The summed E-state index contributed by atoms with van der Waals surface area (Å²) in [5.41, 5.74) is 0.959. The summed E-state index contributed by atoms with van der Waals surface area (Å²) in [7, 11) is -3.61.